The van der Waals surface area contributed by atoms with E-state index in [4.69, 9.17) is 0 Å². The molecule has 4 nitrogen and oxygen atoms in total. The molecular weight excluding hydrogens is 347 g/mol. The lowest BCUT2D eigenvalue weighted by Crippen LogP contribution is -2.06. The van der Waals surface area contributed by atoms with Crippen LogP contribution >= 0.6 is 7.60 Å². The molecule has 7 heteroatoms. The van der Waals surface area contributed by atoms with Crippen molar-refractivity contribution < 1.29 is 23.1 Å². The Kier molecular flexibility index (Phi) is 3.51. The first kappa shape index (κ1) is 16.0. The van der Waals surface area contributed by atoms with Gasteiger partial charge in [0.05, 0.1) is 16.3 Å². The van der Waals surface area contributed by atoms with E-state index in [0.717, 1.165) is 10.8 Å². The predicted octanol–water partition coefficient (Wildman–Crippen LogP) is 3.86. The van der Waals surface area contributed by atoms with Gasteiger partial charge in [-0.3, -0.25) is 4.57 Å². The monoisotopic (exact) mass is 359 g/mol. The van der Waals surface area contributed by atoms with Gasteiger partial charge in [-0.15, -0.1) is 0 Å². The highest BCUT2D eigenvalue weighted by atomic mass is 31.2. The van der Waals surface area contributed by atoms with E-state index in [1.807, 2.05) is 0 Å². The lowest BCUT2D eigenvalue weighted by Gasteiger charge is -2.10. The van der Waals surface area contributed by atoms with Gasteiger partial charge in [-0.2, -0.15) is 0 Å². The zero-order valence-electron chi connectivity index (χ0n) is 12.7. The summed E-state index contributed by atoms with van der Waals surface area (Å²) in [5.41, 5.74) is 1.39. The first-order valence-electron chi connectivity index (χ1n) is 7.40. The van der Waals surface area contributed by atoms with Gasteiger partial charge in [-0.25, -0.2) is 8.78 Å². The molecular formula is C18H12F2NO3P. The average Bonchev–Trinajstić information content (AvgIpc) is 2.86. The van der Waals surface area contributed by atoms with Crippen LogP contribution in [0.5, 0.6) is 0 Å². The maximum Gasteiger partial charge on any atom is 0.356 e. The number of benzene rings is 3. The van der Waals surface area contributed by atoms with Crippen molar-refractivity contribution in [3.63, 3.8) is 0 Å². The quantitative estimate of drug-likeness (QED) is 0.534. The van der Waals surface area contributed by atoms with Crippen molar-refractivity contribution in [3.8, 4) is 5.69 Å². The van der Waals surface area contributed by atoms with E-state index in [9.17, 15) is 23.1 Å². The van der Waals surface area contributed by atoms with Crippen LogP contribution in [0.3, 0.4) is 0 Å². The van der Waals surface area contributed by atoms with Crippen LogP contribution in [0.25, 0.3) is 27.5 Å². The number of nitrogens with zero attached hydrogens (tertiary/aromatic N) is 1. The van der Waals surface area contributed by atoms with E-state index < -0.39 is 19.2 Å². The molecule has 4 rings (SSSR count). The highest BCUT2D eigenvalue weighted by Crippen LogP contribution is 2.36. The Bertz CT molecular complexity index is 1120. The summed E-state index contributed by atoms with van der Waals surface area (Å²) < 4.78 is 40.7. The van der Waals surface area contributed by atoms with E-state index >= 15 is 0 Å². The molecule has 0 fully saturated rings. The van der Waals surface area contributed by atoms with Gasteiger partial charge in [-0.05, 0) is 54.6 Å². The molecule has 1 heterocycles. The Labute approximate surface area is 141 Å². The molecule has 3 aromatic carbocycles. The standard InChI is InChI=1S/C18H12F2NO3P/c19-11-4-6-15-16-7-5-12(20)9-18(16)21(17(15)8-11)13-2-1-3-14(10-13)25(22,23)24/h1-10H,(H2,22,23,24). The molecule has 0 radical (unpaired) electrons. The number of hydrogen-bond donors (Lipinski definition) is 2. The third-order valence-electron chi connectivity index (χ3n) is 4.12. The molecule has 0 atom stereocenters. The van der Waals surface area contributed by atoms with Gasteiger partial charge in [0, 0.05) is 16.5 Å². The summed E-state index contributed by atoms with van der Waals surface area (Å²) in [5.74, 6) is -0.911. The first-order chi connectivity index (χ1) is 11.8. The molecule has 1 aromatic heterocycles. The topological polar surface area (TPSA) is 62.5 Å². The van der Waals surface area contributed by atoms with Gasteiger partial charge in [-0.1, -0.05) is 6.07 Å². The van der Waals surface area contributed by atoms with Crippen LogP contribution in [0, 0.1) is 11.6 Å². The van der Waals surface area contributed by atoms with E-state index in [1.54, 1.807) is 22.8 Å². The zero-order chi connectivity index (χ0) is 17.8. The van der Waals surface area contributed by atoms with Gasteiger partial charge in [0.1, 0.15) is 11.6 Å². The summed E-state index contributed by atoms with van der Waals surface area (Å²) in [6.45, 7) is 0. The molecule has 0 spiro atoms. The van der Waals surface area contributed by atoms with Crippen molar-refractivity contribution in [2.24, 2.45) is 0 Å². The number of aromatic nitrogens is 1. The Morgan fingerprint density at radius 1 is 0.800 bits per heavy atom. The second-order valence-corrected chi connectivity index (χ2v) is 7.33. The largest absolute Gasteiger partial charge is 0.356 e. The maximum absolute atomic E-state index is 13.8. The zero-order valence-corrected chi connectivity index (χ0v) is 13.6. The summed E-state index contributed by atoms with van der Waals surface area (Å²) in [4.78, 5) is 18.8. The van der Waals surface area contributed by atoms with Crippen LogP contribution in [0.4, 0.5) is 8.78 Å². The maximum atomic E-state index is 13.8. The fourth-order valence-corrected chi connectivity index (χ4v) is 3.64. The van der Waals surface area contributed by atoms with Crippen LogP contribution in [-0.4, -0.2) is 14.4 Å². The lowest BCUT2D eigenvalue weighted by molar-refractivity contribution is 0.387. The SMILES string of the molecule is O=P(O)(O)c1cccc(-n2c3cc(F)ccc3c3ccc(F)cc32)c1. The molecule has 0 amide bonds. The number of hydrogen-bond acceptors (Lipinski definition) is 1. The van der Waals surface area contributed by atoms with Gasteiger partial charge in [0.15, 0.2) is 0 Å². The smallest absolute Gasteiger partial charge is 0.321 e. The number of halogens is 2. The molecule has 0 aliphatic rings. The van der Waals surface area contributed by atoms with Crippen molar-refractivity contribution in [1.29, 1.82) is 0 Å². The third-order valence-corrected chi connectivity index (χ3v) is 5.07. The van der Waals surface area contributed by atoms with Crippen molar-refractivity contribution >= 4 is 34.7 Å². The Balaban J connectivity index is 2.14. The third kappa shape index (κ3) is 2.65. The molecule has 0 saturated carbocycles. The summed E-state index contributed by atoms with van der Waals surface area (Å²) in [7, 11) is -4.45. The summed E-state index contributed by atoms with van der Waals surface area (Å²) in [5, 5.41) is 1.28. The summed E-state index contributed by atoms with van der Waals surface area (Å²) in [6.07, 6.45) is 0. The van der Waals surface area contributed by atoms with Crippen molar-refractivity contribution in [2.75, 3.05) is 0 Å². The predicted molar refractivity (Wildman–Crippen MR) is 92.4 cm³/mol. The van der Waals surface area contributed by atoms with Gasteiger partial charge in [0.2, 0.25) is 0 Å². The van der Waals surface area contributed by atoms with Gasteiger partial charge < -0.3 is 14.4 Å². The number of rotatable bonds is 2. The van der Waals surface area contributed by atoms with Crippen LogP contribution in [0.15, 0.2) is 60.7 Å². The van der Waals surface area contributed by atoms with Crippen molar-refractivity contribution in [1.82, 2.24) is 4.57 Å². The minimum Gasteiger partial charge on any atom is -0.321 e. The fourth-order valence-electron chi connectivity index (χ4n) is 3.06. The van der Waals surface area contributed by atoms with Crippen LogP contribution in [-0.2, 0) is 4.57 Å². The molecule has 0 saturated heterocycles. The normalized spacial score (nSPS) is 12.2. The second kappa shape index (κ2) is 5.49. The fraction of sp³-hybridized carbons (Fsp3) is 0. The van der Waals surface area contributed by atoms with Gasteiger partial charge >= 0.3 is 7.60 Å². The van der Waals surface area contributed by atoms with Crippen molar-refractivity contribution in [2.45, 2.75) is 0 Å². The molecule has 2 N–H and O–H groups in total. The van der Waals surface area contributed by atoms with Crippen LogP contribution in [0.1, 0.15) is 0 Å². The Hall–Kier alpha value is -2.53. The first-order valence-corrected chi connectivity index (χ1v) is 9.01. The van der Waals surface area contributed by atoms with Crippen LogP contribution in [0.2, 0.25) is 0 Å². The molecule has 0 bridgehead atoms. The minimum atomic E-state index is -4.45. The van der Waals surface area contributed by atoms with E-state index in [-0.39, 0.29) is 5.30 Å². The van der Waals surface area contributed by atoms with E-state index in [0.29, 0.717) is 16.7 Å². The van der Waals surface area contributed by atoms with Gasteiger partial charge in [0.25, 0.3) is 0 Å². The Morgan fingerprint density at radius 2 is 1.36 bits per heavy atom. The highest BCUT2D eigenvalue weighted by molar-refractivity contribution is 7.60. The Morgan fingerprint density at radius 3 is 1.88 bits per heavy atom. The van der Waals surface area contributed by atoms with E-state index in [1.165, 1.54) is 42.5 Å². The second-order valence-electron chi connectivity index (χ2n) is 5.72. The van der Waals surface area contributed by atoms with E-state index in [2.05, 4.69) is 0 Å². The molecule has 0 unspecified atom stereocenters. The molecule has 4 aromatic rings. The molecule has 126 valence electrons. The lowest BCUT2D eigenvalue weighted by atomic mass is 10.1. The number of fused-ring (bicyclic) bond motifs is 3. The molecule has 0 aliphatic heterocycles. The summed E-state index contributed by atoms with van der Waals surface area (Å²) in [6, 6.07) is 14.3. The van der Waals surface area contributed by atoms with Crippen molar-refractivity contribution in [3.05, 3.63) is 72.3 Å². The minimum absolute atomic E-state index is 0.159. The molecule has 25 heavy (non-hydrogen) atoms. The van der Waals surface area contributed by atoms with Crippen LogP contribution < -0.4 is 5.30 Å². The highest BCUT2D eigenvalue weighted by Gasteiger charge is 2.19. The molecule has 0 aliphatic carbocycles. The average molecular weight is 359 g/mol. The summed E-state index contributed by atoms with van der Waals surface area (Å²) >= 11 is 0.